The maximum absolute atomic E-state index is 10.5. The van der Waals surface area contributed by atoms with Gasteiger partial charge >= 0.3 is 0 Å². The van der Waals surface area contributed by atoms with Gasteiger partial charge in [0.2, 0.25) is 0 Å². The second-order valence-corrected chi connectivity index (χ2v) is 6.86. The molecule has 1 aliphatic heterocycles. The molecule has 0 unspecified atom stereocenters. The highest BCUT2D eigenvalue weighted by Crippen LogP contribution is 2.38. The zero-order chi connectivity index (χ0) is 19.9. The number of β-amino-alcohol motifs (C(OH)–C–C–N with tert-alkyl or cyclic N) is 1. The molecule has 2 aromatic carbocycles. The van der Waals surface area contributed by atoms with Crippen LogP contribution in [-0.4, -0.2) is 50.0 Å². The Bertz CT molecular complexity index is 816. The minimum atomic E-state index is -0.611. The monoisotopic (exact) mass is 382 g/mol. The van der Waals surface area contributed by atoms with Crippen LogP contribution in [-0.2, 0) is 0 Å². The predicted molar refractivity (Wildman–Crippen MR) is 106 cm³/mol. The number of hydrogen-bond acceptors (Lipinski definition) is 6. The van der Waals surface area contributed by atoms with Crippen molar-refractivity contribution in [3.05, 3.63) is 53.6 Å². The van der Waals surface area contributed by atoms with Crippen molar-refractivity contribution < 1.29 is 19.3 Å². The largest absolute Gasteiger partial charge is 0.497 e. The van der Waals surface area contributed by atoms with E-state index in [9.17, 15) is 5.11 Å². The van der Waals surface area contributed by atoms with Crippen molar-refractivity contribution in [3.63, 3.8) is 0 Å². The second-order valence-electron chi connectivity index (χ2n) is 6.86. The molecule has 2 aromatic rings. The number of ether oxygens (including phenoxy) is 3. The summed E-state index contributed by atoms with van der Waals surface area (Å²) in [7, 11) is 3.30. The normalized spacial score (nSPS) is 17.7. The van der Waals surface area contributed by atoms with Gasteiger partial charge in [-0.1, -0.05) is 6.07 Å². The van der Waals surface area contributed by atoms with Gasteiger partial charge in [-0.3, -0.25) is 4.90 Å². The fourth-order valence-corrected chi connectivity index (χ4v) is 3.63. The molecule has 0 aromatic heterocycles. The maximum atomic E-state index is 10.5. The van der Waals surface area contributed by atoms with Crippen LogP contribution in [0.15, 0.2) is 42.5 Å². The fraction of sp³-hybridized carbons (Fsp3) is 0.409. The van der Waals surface area contributed by atoms with Gasteiger partial charge in [0.05, 0.1) is 25.9 Å². The molecule has 28 heavy (non-hydrogen) atoms. The fourth-order valence-electron chi connectivity index (χ4n) is 3.63. The molecule has 6 heteroatoms. The Morgan fingerprint density at radius 3 is 2.57 bits per heavy atom. The molecule has 0 spiro atoms. The minimum absolute atomic E-state index is 0.199. The first-order valence-corrected chi connectivity index (χ1v) is 9.41. The van der Waals surface area contributed by atoms with Crippen LogP contribution in [0.25, 0.3) is 0 Å². The Kier molecular flexibility index (Phi) is 6.75. The summed E-state index contributed by atoms with van der Waals surface area (Å²) in [5, 5.41) is 19.3. The van der Waals surface area contributed by atoms with Crippen LogP contribution in [0.5, 0.6) is 17.2 Å². The van der Waals surface area contributed by atoms with Crippen LogP contribution in [0.1, 0.15) is 30.0 Å². The lowest BCUT2D eigenvalue weighted by Gasteiger charge is -2.28. The van der Waals surface area contributed by atoms with E-state index in [4.69, 9.17) is 19.5 Å². The number of hydrogen-bond donors (Lipinski definition) is 1. The Balaban J connectivity index is 1.60. The number of aliphatic hydroxyl groups is 1. The third-order valence-corrected chi connectivity index (χ3v) is 5.03. The quantitative estimate of drug-likeness (QED) is 0.756. The molecule has 0 aliphatic carbocycles. The molecule has 0 amide bonds. The van der Waals surface area contributed by atoms with Gasteiger partial charge in [0.1, 0.15) is 30.0 Å². The third-order valence-electron chi connectivity index (χ3n) is 5.03. The molecule has 6 nitrogen and oxygen atoms in total. The molecular weight excluding hydrogens is 356 g/mol. The first kappa shape index (κ1) is 20.0. The van der Waals surface area contributed by atoms with Crippen LogP contribution in [0.3, 0.4) is 0 Å². The average Bonchev–Trinajstić information content (AvgIpc) is 3.19. The lowest BCUT2D eigenvalue weighted by molar-refractivity contribution is 0.0635. The van der Waals surface area contributed by atoms with Gasteiger partial charge in [-0.2, -0.15) is 5.26 Å². The van der Waals surface area contributed by atoms with Crippen molar-refractivity contribution in [1.29, 1.82) is 5.26 Å². The van der Waals surface area contributed by atoms with Crippen molar-refractivity contribution in [3.8, 4) is 23.3 Å². The van der Waals surface area contributed by atoms with Gasteiger partial charge in [0, 0.05) is 24.2 Å². The van der Waals surface area contributed by atoms with Gasteiger partial charge < -0.3 is 19.3 Å². The van der Waals surface area contributed by atoms with Gasteiger partial charge in [-0.25, -0.2) is 0 Å². The molecule has 3 rings (SSSR count). The Labute approximate surface area is 165 Å². The van der Waals surface area contributed by atoms with E-state index >= 15 is 0 Å². The van der Waals surface area contributed by atoms with Gasteiger partial charge in [-0.05, 0) is 49.7 Å². The number of benzene rings is 2. The molecule has 1 fully saturated rings. The van der Waals surface area contributed by atoms with Gasteiger partial charge in [0.25, 0.3) is 0 Å². The molecule has 0 saturated carbocycles. The van der Waals surface area contributed by atoms with Crippen LogP contribution in [0.4, 0.5) is 0 Å². The van der Waals surface area contributed by atoms with E-state index < -0.39 is 6.10 Å². The minimum Gasteiger partial charge on any atom is -0.497 e. The highest BCUT2D eigenvalue weighted by Gasteiger charge is 2.30. The second kappa shape index (κ2) is 9.45. The number of rotatable bonds is 8. The number of nitrogens with zero attached hydrogens (tertiary/aromatic N) is 2. The molecule has 1 N–H and O–H groups in total. The highest BCUT2D eigenvalue weighted by atomic mass is 16.5. The van der Waals surface area contributed by atoms with Crippen molar-refractivity contribution in [2.45, 2.75) is 25.0 Å². The van der Waals surface area contributed by atoms with E-state index in [2.05, 4.69) is 11.0 Å². The van der Waals surface area contributed by atoms with Gasteiger partial charge in [-0.15, -0.1) is 0 Å². The summed E-state index contributed by atoms with van der Waals surface area (Å²) in [4.78, 5) is 2.27. The summed E-state index contributed by atoms with van der Waals surface area (Å²) in [5.41, 5.74) is 1.70. The van der Waals surface area contributed by atoms with Crippen LogP contribution < -0.4 is 14.2 Å². The van der Waals surface area contributed by atoms with E-state index in [1.807, 2.05) is 18.2 Å². The number of methoxy groups -OCH3 is 2. The van der Waals surface area contributed by atoms with Crippen molar-refractivity contribution in [2.24, 2.45) is 0 Å². The first-order chi connectivity index (χ1) is 13.6. The van der Waals surface area contributed by atoms with E-state index in [-0.39, 0.29) is 12.6 Å². The van der Waals surface area contributed by atoms with E-state index in [1.54, 1.807) is 38.5 Å². The molecule has 148 valence electrons. The first-order valence-electron chi connectivity index (χ1n) is 9.41. The SMILES string of the molecule is COc1ccc([C@@H]2CCCN2C[C@H](O)COc2ccc(C#N)cc2)c(OC)c1. The highest BCUT2D eigenvalue weighted by molar-refractivity contribution is 5.43. The number of nitriles is 1. The molecular formula is C22H26N2O4. The maximum Gasteiger partial charge on any atom is 0.127 e. The summed E-state index contributed by atoms with van der Waals surface area (Å²) in [6.45, 7) is 1.65. The van der Waals surface area contributed by atoms with Gasteiger partial charge in [0.15, 0.2) is 0 Å². The standard InChI is InChI=1S/C22H26N2O4/c1-26-19-9-10-20(22(12-19)27-2)21-4-3-11-24(21)14-17(25)15-28-18-7-5-16(13-23)6-8-18/h5-10,12,17,21,25H,3-4,11,14-15H2,1-2H3/t17-,21-/m0/s1. The number of aliphatic hydroxyl groups excluding tert-OH is 1. The lowest BCUT2D eigenvalue weighted by atomic mass is 10.0. The third kappa shape index (κ3) is 4.75. The smallest absolute Gasteiger partial charge is 0.127 e. The van der Waals surface area contributed by atoms with E-state index in [1.165, 1.54) is 0 Å². The summed E-state index contributed by atoms with van der Waals surface area (Å²) >= 11 is 0. The summed E-state index contributed by atoms with van der Waals surface area (Å²) in [6, 6.07) is 15.0. The molecule has 1 heterocycles. The summed E-state index contributed by atoms with van der Waals surface area (Å²) < 4.78 is 16.5. The van der Waals surface area contributed by atoms with Crippen LogP contribution in [0, 0.1) is 11.3 Å². The van der Waals surface area contributed by atoms with Crippen molar-refractivity contribution in [1.82, 2.24) is 4.90 Å². The molecule has 1 saturated heterocycles. The van der Waals surface area contributed by atoms with Crippen molar-refractivity contribution >= 4 is 0 Å². The van der Waals surface area contributed by atoms with E-state index in [0.717, 1.165) is 36.4 Å². The molecule has 0 radical (unpaired) electrons. The van der Waals surface area contributed by atoms with Crippen LogP contribution >= 0.6 is 0 Å². The van der Waals surface area contributed by atoms with Crippen LogP contribution in [0.2, 0.25) is 0 Å². The van der Waals surface area contributed by atoms with Crippen molar-refractivity contribution in [2.75, 3.05) is 33.9 Å². The molecule has 0 bridgehead atoms. The molecule has 2 atom stereocenters. The van der Waals surface area contributed by atoms with E-state index in [0.29, 0.717) is 17.9 Å². The Morgan fingerprint density at radius 1 is 1.14 bits per heavy atom. The zero-order valence-electron chi connectivity index (χ0n) is 16.3. The Morgan fingerprint density at radius 2 is 1.89 bits per heavy atom. The zero-order valence-corrected chi connectivity index (χ0v) is 16.3. The average molecular weight is 382 g/mol. The lowest BCUT2D eigenvalue weighted by Crippen LogP contribution is -2.35. The summed E-state index contributed by atoms with van der Waals surface area (Å²) in [5.74, 6) is 2.22. The summed E-state index contributed by atoms with van der Waals surface area (Å²) in [6.07, 6.45) is 1.48. The topological polar surface area (TPSA) is 75.0 Å². The Hall–Kier alpha value is -2.75. The number of likely N-dealkylation sites (tertiary alicyclic amines) is 1. The predicted octanol–water partition coefficient (Wildman–Crippen LogP) is 3.15. The molecule has 1 aliphatic rings.